The first-order valence-corrected chi connectivity index (χ1v) is 9.17. The first-order chi connectivity index (χ1) is 11.3. The van der Waals surface area contributed by atoms with Crippen LogP contribution in [0.3, 0.4) is 0 Å². The summed E-state index contributed by atoms with van der Waals surface area (Å²) in [6.45, 7) is 6.29. The van der Waals surface area contributed by atoms with Gasteiger partial charge < -0.3 is 20.5 Å². The number of nitrogens with one attached hydrogen (secondary N) is 2. The first kappa shape index (κ1) is 21.7. The average molecular weight is 451 g/mol. The summed E-state index contributed by atoms with van der Waals surface area (Å²) in [4.78, 5) is 4.75. The maximum atomic E-state index is 9.30. The minimum absolute atomic E-state index is 0. The van der Waals surface area contributed by atoms with Crippen molar-refractivity contribution in [2.75, 3.05) is 39.5 Å². The molecule has 1 aliphatic carbocycles. The maximum absolute atomic E-state index is 9.30. The van der Waals surface area contributed by atoms with E-state index < -0.39 is 0 Å². The van der Waals surface area contributed by atoms with Crippen LogP contribution in [0.1, 0.15) is 51.9 Å². The number of ether oxygens (including phenoxy) is 1. The smallest absolute Gasteiger partial charge is 0.191 e. The van der Waals surface area contributed by atoms with Crippen molar-refractivity contribution >= 4 is 29.9 Å². The molecule has 140 valence electrons. The lowest BCUT2D eigenvalue weighted by Gasteiger charge is -2.25. The fourth-order valence-corrected chi connectivity index (χ4v) is 3.35. The Morgan fingerprint density at radius 1 is 1.38 bits per heavy atom. The average Bonchev–Trinajstić information content (AvgIpc) is 3.03. The van der Waals surface area contributed by atoms with Gasteiger partial charge in [-0.1, -0.05) is 11.6 Å². The van der Waals surface area contributed by atoms with Crippen LogP contribution >= 0.6 is 24.0 Å². The van der Waals surface area contributed by atoms with Gasteiger partial charge in [-0.15, -0.1) is 24.0 Å². The van der Waals surface area contributed by atoms with Crippen LogP contribution < -0.4 is 10.6 Å². The second-order valence-corrected chi connectivity index (χ2v) is 6.76. The van der Waals surface area contributed by atoms with Crippen molar-refractivity contribution in [3.8, 4) is 0 Å². The van der Waals surface area contributed by atoms with Gasteiger partial charge in [-0.3, -0.25) is 4.99 Å². The highest BCUT2D eigenvalue weighted by atomic mass is 127. The number of rotatable bonds is 8. The molecule has 1 saturated heterocycles. The Kier molecular flexibility index (Phi) is 10.9. The van der Waals surface area contributed by atoms with Crippen LogP contribution in [0, 0.1) is 5.41 Å². The minimum atomic E-state index is 0. The van der Waals surface area contributed by atoms with E-state index in [0.717, 1.165) is 44.9 Å². The molecule has 5 nitrogen and oxygen atoms in total. The summed E-state index contributed by atoms with van der Waals surface area (Å²) in [5, 5.41) is 16.1. The molecule has 0 spiro atoms. The number of aliphatic hydroxyl groups is 1. The lowest BCUT2D eigenvalue weighted by Crippen LogP contribution is -2.39. The summed E-state index contributed by atoms with van der Waals surface area (Å²) in [5.74, 6) is 0.883. The predicted molar refractivity (Wildman–Crippen MR) is 110 cm³/mol. The fraction of sp³-hybridized carbons (Fsp3) is 0.833. The normalized spacial score (nSPS) is 24.2. The molecule has 2 rings (SSSR count). The van der Waals surface area contributed by atoms with Gasteiger partial charge in [0.1, 0.15) is 0 Å². The zero-order valence-electron chi connectivity index (χ0n) is 15.0. The van der Waals surface area contributed by atoms with Gasteiger partial charge in [0.2, 0.25) is 0 Å². The van der Waals surface area contributed by atoms with Gasteiger partial charge in [0.25, 0.3) is 0 Å². The van der Waals surface area contributed by atoms with E-state index in [2.05, 4.69) is 23.6 Å². The standard InChI is InChI=1S/C18H33N3O2.HI/c1-2-19-17(20-11-8-16-6-4-3-5-7-16)21-14-18(9-12-22)10-13-23-15-18;/h6,22H,2-5,7-15H2,1H3,(H2,19,20,21);1H. The zero-order chi connectivity index (χ0) is 16.4. The summed E-state index contributed by atoms with van der Waals surface area (Å²) >= 11 is 0. The van der Waals surface area contributed by atoms with E-state index in [1.807, 2.05) is 0 Å². The van der Waals surface area contributed by atoms with Crippen LogP contribution in [0.15, 0.2) is 16.6 Å². The van der Waals surface area contributed by atoms with Crippen molar-refractivity contribution in [1.82, 2.24) is 10.6 Å². The maximum Gasteiger partial charge on any atom is 0.191 e. The van der Waals surface area contributed by atoms with E-state index in [9.17, 15) is 5.11 Å². The van der Waals surface area contributed by atoms with Crippen molar-refractivity contribution in [1.29, 1.82) is 0 Å². The van der Waals surface area contributed by atoms with Crippen molar-refractivity contribution < 1.29 is 9.84 Å². The number of aliphatic hydroxyl groups excluding tert-OH is 1. The first-order valence-electron chi connectivity index (χ1n) is 9.17. The second kappa shape index (κ2) is 12.1. The van der Waals surface area contributed by atoms with E-state index in [1.165, 1.54) is 25.7 Å². The molecule has 0 aromatic rings. The molecule has 0 bridgehead atoms. The zero-order valence-corrected chi connectivity index (χ0v) is 17.3. The van der Waals surface area contributed by atoms with Gasteiger partial charge in [0.05, 0.1) is 13.2 Å². The van der Waals surface area contributed by atoms with Crippen molar-refractivity contribution in [2.45, 2.75) is 51.9 Å². The fourth-order valence-electron chi connectivity index (χ4n) is 3.35. The largest absolute Gasteiger partial charge is 0.396 e. The summed E-state index contributed by atoms with van der Waals surface area (Å²) < 4.78 is 5.54. The van der Waals surface area contributed by atoms with Gasteiger partial charge in [-0.05, 0) is 51.9 Å². The lowest BCUT2D eigenvalue weighted by molar-refractivity contribution is 0.131. The van der Waals surface area contributed by atoms with Gasteiger partial charge >= 0.3 is 0 Å². The van der Waals surface area contributed by atoms with Gasteiger partial charge in [0, 0.05) is 31.7 Å². The summed E-state index contributed by atoms with van der Waals surface area (Å²) in [6, 6.07) is 0. The van der Waals surface area contributed by atoms with Crippen LogP contribution in [0.5, 0.6) is 0 Å². The van der Waals surface area contributed by atoms with Gasteiger partial charge in [-0.25, -0.2) is 0 Å². The number of allylic oxidation sites excluding steroid dienone is 1. The van der Waals surface area contributed by atoms with E-state index >= 15 is 0 Å². The number of guanidine groups is 1. The number of aliphatic imine (C=N–C) groups is 1. The molecule has 1 aliphatic heterocycles. The molecule has 1 fully saturated rings. The van der Waals surface area contributed by atoms with Gasteiger partial charge in [0.15, 0.2) is 5.96 Å². The van der Waals surface area contributed by atoms with Crippen LogP contribution in [-0.4, -0.2) is 50.5 Å². The molecule has 0 aromatic carbocycles. The lowest BCUT2D eigenvalue weighted by atomic mass is 9.84. The molecule has 1 heterocycles. The highest BCUT2D eigenvalue weighted by molar-refractivity contribution is 14.0. The Bertz CT molecular complexity index is 407. The van der Waals surface area contributed by atoms with Crippen molar-refractivity contribution in [3.05, 3.63) is 11.6 Å². The molecule has 0 saturated carbocycles. The highest BCUT2D eigenvalue weighted by Crippen LogP contribution is 2.32. The van der Waals surface area contributed by atoms with Crippen LogP contribution in [0.4, 0.5) is 0 Å². The van der Waals surface area contributed by atoms with Crippen LogP contribution in [-0.2, 0) is 4.74 Å². The topological polar surface area (TPSA) is 65.9 Å². The third-order valence-corrected chi connectivity index (χ3v) is 4.87. The Labute approximate surface area is 163 Å². The number of nitrogens with zero attached hydrogens (tertiary/aromatic N) is 1. The third-order valence-electron chi connectivity index (χ3n) is 4.87. The van der Waals surface area contributed by atoms with Crippen molar-refractivity contribution in [2.24, 2.45) is 10.4 Å². The monoisotopic (exact) mass is 451 g/mol. The molecular weight excluding hydrogens is 417 g/mol. The summed E-state index contributed by atoms with van der Waals surface area (Å²) in [7, 11) is 0. The molecule has 1 unspecified atom stereocenters. The third kappa shape index (κ3) is 7.27. The molecule has 24 heavy (non-hydrogen) atoms. The van der Waals surface area contributed by atoms with Crippen LogP contribution in [0.25, 0.3) is 0 Å². The van der Waals surface area contributed by atoms with Crippen molar-refractivity contribution in [3.63, 3.8) is 0 Å². The summed E-state index contributed by atoms with van der Waals surface area (Å²) in [6.07, 6.45) is 10.4. The Balaban J connectivity index is 0.00000288. The number of hydrogen-bond donors (Lipinski definition) is 3. The molecule has 3 N–H and O–H groups in total. The molecule has 2 aliphatic rings. The molecular formula is C18H34IN3O2. The minimum Gasteiger partial charge on any atom is -0.396 e. The Hall–Kier alpha value is -0.340. The molecule has 0 aromatic heterocycles. The molecule has 0 amide bonds. The van der Waals surface area contributed by atoms with Gasteiger partial charge in [-0.2, -0.15) is 0 Å². The number of hydrogen-bond acceptors (Lipinski definition) is 3. The van der Waals surface area contributed by atoms with E-state index in [-0.39, 0.29) is 36.0 Å². The van der Waals surface area contributed by atoms with E-state index in [1.54, 1.807) is 5.57 Å². The summed E-state index contributed by atoms with van der Waals surface area (Å²) in [5.41, 5.74) is 1.60. The molecule has 0 radical (unpaired) electrons. The molecule has 1 atom stereocenters. The quantitative estimate of drug-likeness (QED) is 0.230. The van der Waals surface area contributed by atoms with E-state index in [0.29, 0.717) is 13.2 Å². The highest BCUT2D eigenvalue weighted by Gasteiger charge is 2.34. The van der Waals surface area contributed by atoms with E-state index in [4.69, 9.17) is 9.73 Å². The SMILES string of the molecule is CCNC(=NCC1(CCO)CCOC1)NCCC1=CCCCC1.I. The Morgan fingerprint density at radius 3 is 2.88 bits per heavy atom. The Morgan fingerprint density at radius 2 is 2.25 bits per heavy atom. The second-order valence-electron chi connectivity index (χ2n) is 6.76. The molecule has 6 heteroatoms. The number of halogens is 1. The van der Waals surface area contributed by atoms with Crippen LogP contribution in [0.2, 0.25) is 0 Å². The predicted octanol–water partition coefficient (Wildman–Crippen LogP) is 2.84.